The van der Waals surface area contributed by atoms with Gasteiger partial charge in [-0.2, -0.15) is 4.68 Å². The number of tetrazole rings is 1. The second-order valence-electron chi connectivity index (χ2n) is 6.82. The van der Waals surface area contributed by atoms with Gasteiger partial charge in [0.15, 0.2) is 0 Å². The van der Waals surface area contributed by atoms with Gasteiger partial charge in [0.2, 0.25) is 21.1 Å². The lowest BCUT2D eigenvalue weighted by atomic mass is 10.2. The number of carbonyl (C=O) groups excluding carboxylic acids is 1. The average molecular weight is 447 g/mol. The van der Waals surface area contributed by atoms with Crippen molar-refractivity contribution in [3.63, 3.8) is 0 Å². The third-order valence-electron chi connectivity index (χ3n) is 4.25. The van der Waals surface area contributed by atoms with Gasteiger partial charge >= 0.3 is 0 Å². The summed E-state index contributed by atoms with van der Waals surface area (Å²) in [6.45, 7) is 3.68. The van der Waals surface area contributed by atoms with Crippen LogP contribution in [0.5, 0.6) is 0 Å². The summed E-state index contributed by atoms with van der Waals surface area (Å²) in [7, 11) is -0.672. The summed E-state index contributed by atoms with van der Waals surface area (Å²) in [4.78, 5) is 12.6. The first-order valence-electron chi connectivity index (χ1n) is 9.00. The molecule has 0 atom stereocenters. The first-order chi connectivity index (χ1) is 14.2. The molecule has 1 N–H and O–H groups in total. The zero-order chi connectivity index (χ0) is 21.9. The molecule has 1 aromatic heterocycles. The number of amides is 1. The normalized spacial score (nSPS) is 11.6. The molecule has 1 heterocycles. The van der Waals surface area contributed by atoms with Crippen LogP contribution in [0.1, 0.15) is 11.1 Å². The van der Waals surface area contributed by atoms with Gasteiger partial charge in [0.05, 0.1) is 16.3 Å². The predicted molar refractivity (Wildman–Crippen MR) is 115 cm³/mol. The van der Waals surface area contributed by atoms with Crippen LogP contribution >= 0.6 is 11.8 Å². The SMILES string of the molecule is Cc1cccc(-n2nnnc2SCC(=O)Nc2ccc(C)c(S(=O)(=O)N(C)C)c2)c1. The van der Waals surface area contributed by atoms with Crippen LogP contribution in [0.15, 0.2) is 52.5 Å². The second-order valence-corrected chi connectivity index (χ2v) is 9.88. The number of anilines is 1. The van der Waals surface area contributed by atoms with Gasteiger partial charge in [-0.3, -0.25) is 4.79 Å². The molecule has 0 spiro atoms. The van der Waals surface area contributed by atoms with Crippen molar-refractivity contribution in [1.82, 2.24) is 24.5 Å². The molecule has 3 rings (SSSR count). The molecule has 9 nitrogen and oxygen atoms in total. The monoisotopic (exact) mass is 446 g/mol. The molecule has 0 aliphatic rings. The summed E-state index contributed by atoms with van der Waals surface area (Å²) >= 11 is 1.19. The van der Waals surface area contributed by atoms with E-state index in [1.807, 2.05) is 31.2 Å². The predicted octanol–water partition coefficient (Wildman–Crippen LogP) is 2.26. The molecule has 3 aromatic rings. The van der Waals surface area contributed by atoms with E-state index in [0.29, 0.717) is 16.4 Å². The van der Waals surface area contributed by atoms with Gasteiger partial charge in [-0.1, -0.05) is 30.0 Å². The maximum Gasteiger partial charge on any atom is 0.242 e. The third kappa shape index (κ3) is 4.86. The number of thioether (sulfide) groups is 1. The summed E-state index contributed by atoms with van der Waals surface area (Å²) < 4.78 is 27.6. The number of hydrogen-bond donors (Lipinski definition) is 1. The molecule has 0 radical (unpaired) electrons. The zero-order valence-corrected chi connectivity index (χ0v) is 18.7. The Balaban J connectivity index is 1.70. The molecule has 158 valence electrons. The van der Waals surface area contributed by atoms with Crippen molar-refractivity contribution in [1.29, 1.82) is 0 Å². The van der Waals surface area contributed by atoms with E-state index in [2.05, 4.69) is 20.8 Å². The minimum Gasteiger partial charge on any atom is -0.325 e. The number of hydrogen-bond acceptors (Lipinski definition) is 7. The summed E-state index contributed by atoms with van der Waals surface area (Å²) in [5.41, 5.74) is 2.89. The second kappa shape index (κ2) is 8.94. The number of nitrogens with one attached hydrogen (secondary N) is 1. The van der Waals surface area contributed by atoms with Crippen molar-refractivity contribution < 1.29 is 13.2 Å². The van der Waals surface area contributed by atoms with Crippen LogP contribution in [0.3, 0.4) is 0 Å². The van der Waals surface area contributed by atoms with Crippen LogP contribution in [0.2, 0.25) is 0 Å². The van der Waals surface area contributed by atoms with Gasteiger partial charge in [0.1, 0.15) is 0 Å². The minimum absolute atomic E-state index is 0.0653. The van der Waals surface area contributed by atoms with E-state index in [9.17, 15) is 13.2 Å². The topological polar surface area (TPSA) is 110 Å². The van der Waals surface area contributed by atoms with E-state index >= 15 is 0 Å². The van der Waals surface area contributed by atoms with Crippen molar-refractivity contribution in [2.75, 3.05) is 25.2 Å². The van der Waals surface area contributed by atoms with Crippen LogP contribution in [-0.2, 0) is 14.8 Å². The Hall–Kier alpha value is -2.76. The molecule has 11 heteroatoms. The Labute approximate surface area is 179 Å². The molecule has 0 unspecified atom stereocenters. The van der Waals surface area contributed by atoms with Crippen molar-refractivity contribution in [3.8, 4) is 5.69 Å². The van der Waals surface area contributed by atoms with E-state index in [4.69, 9.17) is 0 Å². The van der Waals surface area contributed by atoms with Gasteiger partial charge in [-0.05, 0) is 59.7 Å². The molecule has 0 fully saturated rings. The number of aromatic nitrogens is 4. The molecule has 0 aliphatic carbocycles. The molecule has 30 heavy (non-hydrogen) atoms. The Kier molecular flexibility index (Phi) is 6.54. The largest absolute Gasteiger partial charge is 0.325 e. The highest BCUT2D eigenvalue weighted by atomic mass is 32.2. The number of carbonyl (C=O) groups is 1. The van der Waals surface area contributed by atoms with Gasteiger partial charge in [0.25, 0.3) is 0 Å². The van der Waals surface area contributed by atoms with Crippen LogP contribution in [0.25, 0.3) is 5.69 Å². The zero-order valence-electron chi connectivity index (χ0n) is 17.0. The number of benzene rings is 2. The van der Waals surface area contributed by atoms with Crippen LogP contribution in [0.4, 0.5) is 5.69 Å². The van der Waals surface area contributed by atoms with Crippen molar-refractivity contribution >= 4 is 33.4 Å². The lowest BCUT2D eigenvalue weighted by Gasteiger charge is -2.15. The molecule has 0 saturated heterocycles. The van der Waals surface area contributed by atoms with Crippen molar-refractivity contribution in [2.45, 2.75) is 23.9 Å². The number of sulfonamides is 1. The van der Waals surface area contributed by atoms with Crippen LogP contribution < -0.4 is 5.32 Å². The Morgan fingerprint density at radius 1 is 1.17 bits per heavy atom. The standard InChI is InChI=1S/C19H22N6O3S2/c1-13-6-5-7-16(10-13)25-19(21-22-23-25)29-12-18(26)20-15-9-8-14(2)17(11-15)30(27,28)24(3)4/h5-11H,12H2,1-4H3,(H,20,26). The molecule has 0 saturated carbocycles. The van der Waals surface area contributed by atoms with Crippen molar-refractivity contribution in [3.05, 3.63) is 53.6 Å². The van der Waals surface area contributed by atoms with E-state index in [0.717, 1.165) is 15.6 Å². The minimum atomic E-state index is -3.61. The van der Waals surface area contributed by atoms with Crippen LogP contribution in [-0.4, -0.2) is 58.7 Å². The lowest BCUT2D eigenvalue weighted by molar-refractivity contribution is -0.113. The highest BCUT2D eigenvalue weighted by Crippen LogP contribution is 2.23. The summed E-state index contributed by atoms with van der Waals surface area (Å²) in [5, 5.41) is 14.9. The van der Waals surface area contributed by atoms with Crippen LogP contribution in [0, 0.1) is 13.8 Å². The van der Waals surface area contributed by atoms with E-state index in [-0.39, 0.29) is 16.6 Å². The Bertz CT molecular complexity index is 1170. The quantitative estimate of drug-likeness (QED) is 0.554. The van der Waals surface area contributed by atoms with Gasteiger partial charge in [-0.15, -0.1) is 5.10 Å². The molecule has 0 bridgehead atoms. The summed E-state index contributed by atoms with van der Waals surface area (Å²) in [6, 6.07) is 12.5. The lowest BCUT2D eigenvalue weighted by Crippen LogP contribution is -2.23. The summed E-state index contributed by atoms with van der Waals surface area (Å²) in [5.74, 6) is -0.230. The molecular weight excluding hydrogens is 424 g/mol. The molecule has 1 amide bonds. The highest BCUT2D eigenvalue weighted by Gasteiger charge is 2.20. The first-order valence-corrected chi connectivity index (χ1v) is 11.4. The first kappa shape index (κ1) is 21.9. The Morgan fingerprint density at radius 3 is 2.63 bits per heavy atom. The maximum atomic E-state index is 12.5. The maximum absolute atomic E-state index is 12.5. The third-order valence-corrected chi connectivity index (χ3v) is 7.13. The average Bonchev–Trinajstić information content (AvgIpc) is 3.16. The Morgan fingerprint density at radius 2 is 1.93 bits per heavy atom. The van der Waals surface area contributed by atoms with E-state index in [1.54, 1.807) is 23.7 Å². The van der Waals surface area contributed by atoms with Gasteiger partial charge in [0, 0.05) is 19.8 Å². The van der Waals surface area contributed by atoms with E-state index in [1.165, 1.54) is 31.9 Å². The fourth-order valence-electron chi connectivity index (χ4n) is 2.67. The number of nitrogens with zero attached hydrogens (tertiary/aromatic N) is 5. The van der Waals surface area contributed by atoms with Crippen molar-refractivity contribution in [2.24, 2.45) is 0 Å². The molecular formula is C19H22N6O3S2. The summed E-state index contributed by atoms with van der Waals surface area (Å²) in [6.07, 6.45) is 0. The fraction of sp³-hybridized carbons (Fsp3) is 0.263. The van der Waals surface area contributed by atoms with Gasteiger partial charge in [-0.25, -0.2) is 12.7 Å². The number of aryl methyl sites for hydroxylation is 2. The molecule has 2 aromatic carbocycles. The smallest absolute Gasteiger partial charge is 0.242 e. The fourth-order valence-corrected chi connectivity index (χ4v) is 4.51. The number of rotatable bonds is 7. The highest BCUT2D eigenvalue weighted by molar-refractivity contribution is 7.99. The van der Waals surface area contributed by atoms with Gasteiger partial charge < -0.3 is 5.32 Å². The molecule has 0 aliphatic heterocycles. The van der Waals surface area contributed by atoms with E-state index < -0.39 is 10.0 Å².